The maximum Gasteiger partial charge on any atom is 0.311 e. The molecule has 2 aliphatic carbocycles. The summed E-state index contributed by atoms with van der Waals surface area (Å²) in [6.45, 7) is 8.91. The quantitative estimate of drug-likeness (QED) is 0.300. The van der Waals surface area contributed by atoms with E-state index in [2.05, 4.69) is 6.08 Å². The molecule has 0 aromatic rings. The van der Waals surface area contributed by atoms with Crippen LogP contribution in [-0.4, -0.2) is 57.3 Å². The topological polar surface area (TPSA) is 93.1 Å². The summed E-state index contributed by atoms with van der Waals surface area (Å²) in [4.78, 5) is 26.8. The Morgan fingerprint density at radius 3 is 2.31 bits per heavy atom. The zero-order valence-electron chi connectivity index (χ0n) is 21.2. The number of alkyl halides is 2. The van der Waals surface area contributed by atoms with Crippen LogP contribution in [-0.2, 0) is 19.1 Å². The van der Waals surface area contributed by atoms with Crippen molar-refractivity contribution in [3.8, 4) is 0 Å². The van der Waals surface area contributed by atoms with Gasteiger partial charge in [-0.2, -0.15) is 0 Å². The molecule has 3 aliphatic rings. The summed E-state index contributed by atoms with van der Waals surface area (Å²) in [5.41, 5.74) is -1.07. The molecule has 1 fully saturated rings. The molecule has 196 valence electrons. The number of cyclic esters (lactones) is 1. The molecule has 1 aliphatic heterocycles. The molecule has 2 N–H and O–H groups in total. The van der Waals surface area contributed by atoms with E-state index in [0.29, 0.717) is 6.42 Å². The van der Waals surface area contributed by atoms with Gasteiger partial charge in [0.2, 0.25) is 4.33 Å². The molecule has 1 unspecified atom stereocenters. The van der Waals surface area contributed by atoms with Crippen LogP contribution in [0, 0.1) is 41.4 Å². The van der Waals surface area contributed by atoms with Crippen molar-refractivity contribution in [2.75, 3.05) is 7.11 Å². The largest absolute Gasteiger partial charge is 0.458 e. The van der Waals surface area contributed by atoms with Gasteiger partial charge >= 0.3 is 5.97 Å². The zero-order chi connectivity index (χ0) is 26.3. The molecule has 1 heterocycles. The number of ether oxygens (including phenoxy) is 2. The molecule has 0 amide bonds. The van der Waals surface area contributed by atoms with Crippen LogP contribution in [0.15, 0.2) is 36.5 Å². The number of ketones is 1. The van der Waals surface area contributed by atoms with Gasteiger partial charge in [0, 0.05) is 13.0 Å². The molecule has 6 nitrogen and oxygen atoms in total. The lowest BCUT2D eigenvalue weighted by molar-refractivity contribution is -0.172. The first kappa shape index (κ1) is 28.4. The van der Waals surface area contributed by atoms with Crippen LogP contribution in [0.5, 0.6) is 0 Å². The number of carbonyl (C=O) groups is 2. The van der Waals surface area contributed by atoms with Crippen LogP contribution in [0.1, 0.15) is 41.0 Å². The lowest BCUT2D eigenvalue weighted by Crippen LogP contribution is -2.60. The number of esters is 1. The summed E-state index contributed by atoms with van der Waals surface area (Å²) in [6, 6.07) is 0. The van der Waals surface area contributed by atoms with Gasteiger partial charge in [0.15, 0.2) is 5.78 Å². The molecule has 1 saturated carbocycles. The predicted octanol–water partition coefficient (Wildman–Crippen LogP) is 4.26. The third-order valence-electron chi connectivity index (χ3n) is 8.17. The highest BCUT2D eigenvalue weighted by Crippen LogP contribution is 2.53. The number of hydrogen-bond acceptors (Lipinski definition) is 6. The number of allylic oxidation sites excluding steroid dienone is 5. The zero-order valence-corrected chi connectivity index (χ0v) is 22.7. The third-order valence-corrected chi connectivity index (χ3v) is 8.99. The summed E-state index contributed by atoms with van der Waals surface area (Å²) >= 11 is 13.3. The Bertz CT molecular complexity index is 894. The Labute approximate surface area is 218 Å². The van der Waals surface area contributed by atoms with Crippen LogP contribution in [0.2, 0.25) is 0 Å². The lowest BCUT2D eigenvalue weighted by atomic mass is 9.54. The molecule has 8 heteroatoms. The van der Waals surface area contributed by atoms with Crippen LogP contribution in [0.3, 0.4) is 0 Å². The van der Waals surface area contributed by atoms with Gasteiger partial charge in [-0.3, -0.25) is 9.59 Å². The average molecular weight is 530 g/mol. The minimum atomic E-state index is -2.23. The Hall–Kier alpha value is -1.18. The molecule has 0 saturated heterocycles. The molecule has 0 bridgehead atoms. The fourth-order valence-corrected chi connectivity index (χ4v) is 7.00. The second kappa shape index (κ2) is 10.7. The fourth-order valence-electron chi connectivity index (χ4n) is 6.37. The highest BCUT2D eigenvalue weighted by Gasteiger charge is 2.58. The average Bonchev–Trinajstić information content (AvgIpc) is 2.78. The molecule has 0 spiro atoms. The number of carbonyl (C=O) groups excluding carboxylic acids is 2. The first-order valence-corrected chi connectivity index (χ1v) is 13.1. The Kier molecular flexibility index (Phi) is 8.65. The Morgan fingerprint density at radius 1 is 1.06 bits per heavy atom. The van der Waals surface area contributed by atoms with Crippen molar-refractivity contribution in [1.82, 2.24) is 0 Å². The van der Waals surface area contributed by atoms with Crippen molar-refractivity contribution in [2.24, 2.45) is 41.4 Å². The number of rotatable bonds is 1. The highest BCUT2D eigenvalue weighted by atomic mass is 35.5. The number of aliphatic hydroxyl groups is 2. The lowest BCUT2D eigenvalue weighted by Gasteiger charge is -2.54. The first-order valence-electron chi connectivity index (χ1n) is 12.3. The number of Topliss-reactive ketones (excluding diaryl/α,β-unsaturated/α-hetero) is 1. The van der Waals surface area contributed by atoms with E-state index in [-0.39, 0.29) is 29.6 Å². The van der Waals surface area contributed by atoms with E-state index < -0.39 is 51.8 Å². The van der Waals surface area contributed by atoms with E-state index in [0.717, 1.165) is 0 Å². The van der Waals surface area contributed by atoms with E-state index in [1.807, 2.05) is 38.2 Å². The van der Waals surface area contributed by atoms with Gasteiger partial charge in [-0.25, -0.2) is 0 Å². The monoisotopic (exact) mass is 528 g/mol. The van der Waals surface area contributed by atoms with Crippen molar-refractivity contribution in [3.05, 3.63) is 36.5 Å². The molecule has 0 radical (unpaired) electrons. The van der Waals surface area contributed by atoms with Crippen LogP contribution >= 0.6 is 23.2 Å². The fraction of sp³-hybridized carbons (Fsp3) is 0.704. The van der Waals surface area contributed by atoms with Crippen molar-refractivity contribution in [2.45, 2.75) is 69.3 Å². The second-order valence-corrected chi connectivity index (χ2v) is 12.2. The number of hydrogen-bond donors (Lipinski definition) is 2. The van der Waals surface area contributed by atoms with Crippen LogP contribution in [0.4, 0.5) is 0 Å². The number of halogens is 2. The number of methoxy groups -OCH3 is 1. The van der Waals surface area contributed by atoms with Gasteiger partial charge in [0.1, 0.15) is 12.2 Å². The first-order chi connectivity index (χ1) is 16.2. The van der Waals surface area contributed by atoms with Crippen molar-refractivity contribution >= 4 is 35.0 Å². The van der Waals surface area contributed by atoms with Crippen molar-refractivity contribution < 1.29 is 29.3 Å². The molecule has 0 aromatic carbocycles. The van der Waals surface area contributed by atoms with E-state index in [4.69, 9.17) is 32.7 Å². The van der Waals surface area contributed by atoms with Crippen molar-refractivity contribution in [3.63, 3.8) is 0 Å². The molecular weight excluding hydrogens is 491 g/mol. The van der Waals surface area contributed by atoms with Crippen LogP contribution in [0.25, 0.3) is 0 Å². The SMILES string of the molecule is CO[C@@H]1[C@@H](C)[C@H]2[C@@H]3C(=O)C(Cl)(Cl)C(O)[C@H](C)C(=O)O[C@@H](C)/C=C/C=C\[C@@H](C)[C@@H]3C=C[C@@H]2C[C@@]1(C)O. The van der Waals surface area contributed by atoms with E-state index >= 15 is 0 Å². The number of aliphatic hydroxyl groups excluding tert-OH is 1. The predicted molar refractivity (Wildman–Crippen MR) is 136 cm³/mol. The van der Waals surface area contributed by atoms with Gasteiger partial charge < -0.3 is 19.7 Å². The van der Waals surface area contributed by atoms with Gasteiger partial charge in [0.05, 0.1) is 17.6 Å². The summed E-state index contributed by atoms with van der Waals surface area (Å²) in [5, 5.41) is 22.1. The van der Waals surface area contributed by atoms with Crippen molar-refractivity contribution in [1.29, 1.82) is 0 Å². The standard InChI is InChI=1S/C27H38Cl2O6/c1-14-9-7-8-10-15(2)35-25(32)17(4)22(30)27(28,29)23(31)21-19(14)12-11-18-13-26(5,33)24(34-6)16(3)20(18)21/h7-12,14-22,24,30,33H,13H2,1-6H3/b9-7-,10-8+/t14-,15+,16+,17+,18-,19+,20-,21-,22?,24-,26-/m1/s1. The van der Waals surface area contributed by atoms with E-state index in [9.17, 15) is 19.8 Å². The molecule has 3 rings (SSSR count). The summed E-state index contributed by atoms with van der Waals surface area (Å²) in [5.74, 6) is -3.83. The molecule has 11 atom stereocenters. The van der Waals surface area contributed by atoms with E-state index in [1.54, 1.807) is 27.0 Å². The van der Waals surface area contributed by atoms with Gasteiger partial charge in [0.25, 0.3) is 0 Å². The summed E-state index contributed by atoms with van der Waals surface area (Å²) in [7, 11) is 1.56. The minimum Gasteiger partial charge on any atom is -0.458 e. The Balaban J connectivity index is 2.13. The highest BCUT2D eigenvalue weighted by molar-refractivity contribution is 6.59. The second-order valence-electron chi connectivity index (χ2n) is 10.8. The maximum absolute atomic E-state index is 14.1. The normalized spacial score (nSPS) is 48.2. The molecular formula is C27H38Cl2O6. The van der Waals surface area contributed by atoms with Gasteiger partial charge in [-0.1, -0.05) is 67.4 Å². The maximum atomic E-state index is 14.1. The minimum absolute atomic E-state index is 0.0547. The summed E-state index contributed by atoms with van der Waals surface area (Å²) in [6.07, 6.45) is 9.25. The number of fused-ring (bicyclic) bond motifs is 3. The van der Waals surface area contributed by atoms with Gasteiger partial charge in [-0.15, -0.1) is 0 Å². The Morgan fingerprint density at radius 2 is 1.69 bits per heavy atom. The molecule has 35 heavy (non-hydrogen) atoms. The summed E-state index contributed by atoms with van der Waals surface area (Å²) < 4.78 is 8.87. The molecule has 0 aromatic heterocycles. The van der Waals surface area contributed by atoms with Gasteiger partial charge in [-0.05, 0) is 62.9 Å². The third kappa shape index (κ3) is 5.42. The smallest absolute Gasteiger partial charge is 0.311 e. The van der Waals surface area contributed by atoms with Crippen LogP contribution < -0.4 is 0 Å². The van der Waals surface area contributed by atoms with E-state index in [1.165, 1.54) is 6.92 Å².